The van der Waals surface area contributed by atoms with Crippen LogP contribution in [-0.4, -0.2) is 23.1 Å². The highest BCUT2D eigenvalue weighted by molar-refractivity contribution is 6.44. The Balaban J connectivity index is 2.01. The Morgan fingerprint density at radius 3 is 2.71 bits per heavy atom. The molecule has 3 nitrogen and oxygen atoms in total. The molecule has 110 valence electrons. The summed E-state index contributed by atoms with van der Waals surface area (Å²) in [4.78, 5) is 1.38. The van der Waals surface area contributed by atoms with E-state index in [9.17, 15) is 13.2 Å². The summed E-state index contributed by atoms with van der Waals surface area (Å²) in [6.45, 7) is 0. The van der Waals surface area contributed by atoms with Crippen LogP contribution in [-0.2, 0) is 0 Å². The third-order valence-corrected chi connectivity index (χ3v) is 3.92. The van der Waals surface area contributed by atoms with E-state index in [0.29, 0.717) is 16.4 Å². The first-order valence-corrected chi connectivity index (χ1v) is 6.66. The van der Waals surface area contributed by atoms with Crippen LogP contribution < -0.4 is 5.43 Å². The summed E-state index contributed by atoms with van der Waals surface area (Å²) in [5.41, 5.74) is 2.45. The van der Waals surface area contributed by atoms with Gasteiger partial charge in [0.15, 0.2) is 5.84 Å². The Hall–Kier alpha value is -1.66. The number of hydrogen-bond donors (Lipinski definition) is 1. The normalized spacial score (nSPS) is 20.8. The molecule has 1 unspecified atom stereocenters. The SMILES string of the molecule is FC(F)(F)C1=CN2C(c3cccc(Cl)c3Cl)=NNC2C=C1. The van der Waals surface area contributed by atoms with Crippen molar-refractivity contribution in [2.24, 2.45) is 5.10 Å². The van der Waals surface area contributed by atoms with Crippen LogP contribution in [0.3, 0.4) is 0 Å². The van der Waals surface area contributed by atoms with E-state index in [-0.39, 0.29) is 5.02 Å². The number of halogens is 5. The third-order valence-electron chi connectivity index (χ3n) is 3.10. The predicted octanol–water partition coefficient (Wildman–Crippen LogP) is 3.90. The topological polar surface area (TPSA) is 27.6 Å². The molecule has 0 aromatic heterocycles. The second-order valence-corrected chi connectivity index (χ2v) is 5.24. The zero-order valence-electron chi connectivity index (χ0n) is 10.3. The molecule has 0 fully saturated rings. The van der Waals surface area contributed by atoms with Crippen LogP contribution in [0.15, 0.2) is 47.2 Å². The number of nitrogens with zero attached hydrogens (tertiary/aromatic N) is 2. The number of benzene rings is 1. The summed E-state index contributed by atoms with van der Waals surface area (Å²) in [6, 6.07) is 4.91. The van der Waals surface area contributed by atoms with Crippen molar-refractivity contribution in [3.05, 3.63) is 57.7 Å². The van der Waals surface area contributed by atoms with Crippen molar-refractivity contribution < 1.29 is 13.2 Å². The molecule has 3 rings (SSSR count). The first-order chi connectivity index (χ1) is 9.88. The quantitative estimate of drug-likeness (QED) is 0.843. The molecule has 0 saturated heterocycles. The molecule has 8 heteroatoms. The number of allylic oxidation sites excluding steroid dienone is 2. The number of fused-ring (bicyclic) bond motifs is 1. The van der Waals surface area contributed by atoms with Crippen LogP contribution in [0.25, 0.3) is 0 Å². The molecule has 0 radical (unpaired) electrons. The Labute approximate surface area is 128 Å². The molecule has 0 amide bonds. The van der Waals surface area contributed by atoms with Gasteiger partial charge in [-0.3, -0.25) is 5.43 Å². The Bertz CT molecular complexity index is 680. The lowest BCUT2D eigenvalue weighted by Crippen LogP contribution is -2.38. The van der Waals surface area contributed by atoms with Crippen LogP contribution in [0.4, 0.5) is 13.2 Å². The minimum Gasteiger partial charge on any atom is -0.305 e. The molecule has 0 aliphatic carbocycles. The van der Waals surface area contributed by atoms with Crippen molar-refractivity contribution in [3.8, 4) is 0 Å². The standard InChI is InChI=1S/C13H8Cl2F3N3/c14-9-3-1-2-8(11(9)15)12-20-19-10-5-4-7(6-21(10)12)13(16,17)18/h1-6,10,19H. The molecule has 1 atom stereocenters. The predicted molar refractivity (Wildman–Crippen MR) is 75.0 cm³/mol. The smallest absolute Gasteiger partial charge is 0.305 e. The van der Waals surface area contributed by atoms with Gasteiger partial charge in [0.25, 0.3) is 0 Å². The van der Waals surface area contributed by atoms with Crippen LogP contribution in [0, 0.1) is 0 Å². The van der Waals surface area contributed by atoms with E-state index in [1.165, 1.54) is 11.0 Å². The van der Waals surface area contributed by atoms with Gasteiger partial charge in [0.05, 0.1) is 15.6 Å². The van der Waals surface area contributed by atoms with Gasteiger partial charge in [0.1, 0.15) is 6.17 Å². The van der Waals surface area contributed by atoms with Gasteiger partial charge in [-0.15, -0.1) is 0 Å². The molecule has 2 aliphatic rings. The first kappa shape index (κ1) is 14.3. The zero-order valence-corrected chi connectivity index (χ0v) is 11.8. The highest BCUT2D eigenvalue weighted by Crippen LogP contribution is 2.33. The van der Waals surface area contributed by atoms with Crippen LogP contribution in [0.2, 0.25) is 10.0 Å². The van der Waals surface area contributed by atoms with Crippen molar-refractivity contribution in [1.29, 1.82) is 0 Å². The van der Waals surface area contributed by atoms with Gasteiger partial charge >= 0.3 is 6.18 Å². The summed E-state index contributed by atoms with van der Waals surface area (Å²) >= 11 is 12.0. The molecule has 21 heavy (non-hydrogen) atoms. The lowest BCUT2D eigenvalue weighted by atomic mass is 10.1. The van der Waals surface area contributed by atoms with Gasteiger partial charge < -0.3 is 4.90 Å². The lowest BCUT2D eigenvalue weighted by Gasteiger charge is -2.26. The van der Waals surface area contributed by atoms with Gasteiger partial charge in [0.2, 0.25) is 0 Å². The van der Waals surface area contributed by atoms with Crippen molar-refractivity contribution in [1.82, 2.24) is 10.3 Å². The van der Waals surface area contributed by atoms with Gasteiger partial charge in [-0.25, -0.2) is 0 Å². The third kappa shape index (κ3) is 2.49. The van der Waals surface area contributed by atoms with E-state index < -0.39 is 17.9 Å². The van der Waals surface area contributed by atoms with E-state index in [4.69, 9.17) is 23.2 Å². The number of nitrogens with one attached hydrogen (secondary N) is 1. The Morgan fingerprint density at radius 1 is 1.24 bits per heavy atom. The largest absolute Gasteiger partial charge is 0.417 e. The average Bonchev–Trinajstić information content (AvgIpc) is 2.84. The van der Waals surface area contributed by atoms with Crippen molar-refractivity contribution in [3.63, 3.8) is 0 Å². The average molecular weight is 334 g/mol. The zero-order chi connectivity index (χ0) is 15.2. The monoisotopic (exact) mass is 333 g/mol. The molecule has 2 aliphatic heterocycles. The number of rotatable bonds is 1. The molecule has 1 N–H and O–H groups in total. The summed E-state index contributed by atoms with van der Waals surface area (Å²) < 4.78 is 38.5. The Morgan fingerprint density at radius 2 is 2.00 bits per heavy atom. The lowest BCUT2D eigenvalue weighted by molar-refractivity contribution is -0.0894. The van der Waals surface area contributed by atoms with E-state index in [0.717, 1.165) is 12.3 Å². The highest BCUT2D eigenvalue weighted by atomic mass is 35.5. The minimum absolute atomic E-state index is 0.247. The fourth-order valence-electron chi connectivity index (χ4n) is 2.09. The maximum absolute atomic E-state index is 12.8. The minimum atomic E-state index is -4.42. The van der Waals surface area contributed by atoms with E-state index >= 15 is 0 Å². The van der Waals surface area contributed by atoms with Crippen LogP contribution in [0.1, 0.15) is 5.56 Å². The maximum Gasteiger partial charge on any atom is 0.417 e. The summed E-state index contributed by atoms with van der Waals surface area (Å²) in [5, 5.41) is 4.62. The second kappa shape index (κ2) is 4.96. The molecule has 0 spiro atoms. The number of hydrogen-bond acceptors (Lipinski definition) is 3. The van der Waals surface area contributed by atoms with E-state index in [2.05, 4.69) is 10.5 Å². The fraction of sp³-hybridized carbons (Fsp3) is 0.154. The van der Waals surface area contributed by atoms with Crippen LogP contribution in [0.5, 0.6) is 0 Å². The van der Waals surface area contributed by atoms with E-state index in [1.54, 1.807) is 18.2 Å². The van der Waals surface area contributed by atoms with E-state index in [1.807, 2.05) is 0 Å². The molecular weight excluding hydrogens is 326 g/mol. The molecule has 0 saturated carbocycles. The van der Waals surface area contributed by atoms with Crippen molar-refractivity contribution in [2.75, 3.05) is 0 Å². The number of alkyl halides is 3. The first-order valence-electron chi connectivity index (χ1n) is 5.91. The molecule has 2 heterocycles. The molecule has 1 aromatic carbocycles. The molecular formula is C13H8Cl2F3N3. The maximum atomic E-state index is 12.8. The highest BCUT2D eigenvalue weighted by Gasteiger charge is 2.38. The van der Waals surface area contributed by atoms with Gasteiger partial charge in [-0.2, -0.15) is 18.3 Å². The summed E-state index contributed by atoms with van der Waals surface area (Å²) in [6.07, 6.45) is -1.49. The number of amidine groups is 1. The molecule has 0 bridgehead atoms. The van der Waals surface area contributed by atoms with Crippen molar-refractivity contribution >= 4 is 29.0 Å². The van der Waals surface area contributed by atoms with Gasteiger partial charge in [0, 0.05) is 11.8 Å². The Kier molecular flexibility index (Phi) is 3.37. The van der Waals surface area contributed by atoms with Gasteiger partial charge in [-0.05, 0) is 24.3 Å². The summed E-state index contributed by atoms with van der Waals surface area (Å²) in [5.74, 6) is 0.290. The fourth-order valence-corrected chi connectivity index (χ4v) is 2.47. The summed E-state index contributed by atoms with van der Waals surface area (Å²) in [7, 11) is 0. The molecule has 1 aromatic rings. The van der Waals surface area contributed by atoms with Crippen molar-refractivity contribution in [2.45, 2.75) is 12.3 Å². The second-order valence-electron chi connectivity index (χ2n) is 4.46. The van der Waals surface area contributed by atoms with Gasteiger partial charge in [-0.1, -0.05) is 29.3 Å². The van der Waals surface area contributed by atoms with Crippen LogP contribution >= 0.6 is 23.2 Å². The number of hydrazone groups is 1.